The Bertz CT molecular complexity index is 701. The summed E-state index contributed by atoms with van der Waals surface area (Å²) in [7, 11) is 5.97. The molecule has 2 aliphatic heterocycles. The minimum atomic E-state index is -0.769. The molecule has 2 unspecified atom stereocenters. The first kappa shape index (κ1) is 21.5. The quantitative estimate of drug-likeness (QED) is 0.762. The first-order chi connectivity index (χ1) is 13.8. The Morgan fingerprint density at radius 2 is 1.90 bits per heavy atom. The van der Waals surface area contributed by atoms with Gasteiger partial charge in [0.25, 0.3) is 5.91 Å². The van der Waals surface area contributed by atoms with Crippen molar-refractivity contribution < 1.29 is 14.7 Å². The van der Waals surface area contributed by atoms with Crippen molar-refractivity contribution in [1.82, 2.24) is 19.7 Å². The van der Waals surface area contributed by atoms with Gasteiger partial charge in [0.1, 0.15) is 5.82 Å². The number of nitrogens with zero attached hydrogens (tertiary/aromatic N) is 5. The SMILES string of the molecule is CN1CCN(C2CCN(C(=O)c3ccc(N(C)C)nc3)CC2CCC(=O)O)CC1. The van der Waals surface area contributed by atoms with E-state index in [1.54, 1.807) is 6.20 Å². The third-order valence-electron chi connectivity index (χ3n) is 6.17. The number of carbonyl (C=O) groups excluding carboxylic acids is 1. The maximum Gasteiger partial charge on any atom is 0.303 e. The molecule has 2 atom stereocenters. The Kier molecular flexibility index (Phi) is 7.08. The molecule has 8 heteroatoms. The molecule has 3 heterocycles. The van der Waals surface area contributed by atoms with Crippen LogP contribution in [0.1, 0.15) is 29.6 Å². The lowest BCUT2D eigenvalue weighted by Crippen LogP contribution is -2.57. The monoisotopic (exact) mass is 403 g/mol. The predicted molar refractivity (Wildman–Crippen MR) is 112 cm³/mol. The molecule has 1 amide bonds. The lowest BCUT2D eigenvalue weighted by molar-refractivity contribution is -0.137. The van der Waals surface area contributed by atoms with Gasteiger partial charge in [0.2, 0.25) is 0 Å². The van der Waals surface area contributed by atoms with Gasteiger partial charge in [-0.25, -0.2) is 4.98 Å². The number of amides is 1. The van der Waals surface area contributed by atoms with E-state index in [4.69, 9.17) is 0 Å². The van der Waals surface area contributed by atoms with Crippen molar-refractivity contribution in [3.63, 3.8) is 0 Å². The number of carbonyl (C=O) groups is 2. The zero-order valence-corrected chi connectivity index (χ0v) is 17.8. The summed E-state index contributed by atoms with van der Waals surface area (Å²) in [5, 5.41) is 9.19. The van der Waals surface area contributed by atoms with Crippen LogP contribution in [0.5, 0.6) is 0 Å². The van der Waals surface area contributed by atoms with Gasteiger partial charge < -0.3 is 19.8 Å². The van der Waals surface area contributed by atoms with Crippen LogP contribution in [0.3, 0.4) is 0 Å². The molecule has 29 heavy (non-hydrogen) atoms. The molecular formula is C21H33N5O3. The number of rotatable bonds is 6. The smallest absolute Gasteiger partial charge is 0.303 e. The molecule has 1 N–H and O–H groups in total. The fraction of sp³-hybridized carbons (Fsp3) is 0.667. The minimum Gasteiger partial charge on any atom is -0.481 e. The Balaban J connectivity index is 1.68. The summed E-state index contributed by atoms with van der Waals surface area (Å²) in [6, 6.07) is 4.02. The van der Waals surface area contributed by atoms with Gasteiger partial charge in [-0.15, -0.1) is 0 Å². The van der Waals surface area contributed by atoms with E-state index in [-0.39, 0.29) is 18.2 Å². The van der Waals surface area contributed by atoms with E-state index in [1.165, 1.54) is 0 Å². The van der Waals surface area contributed by atoms with E-state index in [2.05, 4.69) is 21.8 Å². The number of likely N-dealkylation sites (tertiary alicyclic amines) is 1. The average molecular weight is 404 g/mol. The molecule has 2 fully saturated rings. The lowest BCUT2D eigenvalue weighted by Gasteiger charge is -2.46. The molecule has 0 radical (unpaired) electrons. The van der Waals surface area contributed by atoms with Crippen molar-refractivity contribution in [1.29, 1.82) is 0 Å². The van der Waals surface area contributed by atoms with Crippen molar-refractivity contribution in [2.75, 3.05) is 65.3 Å². The Morgan fingerprint density at radius 3 is 2.48 bits per heavy atom. The van der Waals surface area contributed by atoms with Crippen LogP contribution in [-0.2, 0) is 4.79 Å². The lowest BCUT2D eigenvalue weighted by atomic mass is 9.86. The summed E-state index contributed by atoms with van der Waals surface area (Å²) in [6.07, 6.45) is 3.28. The number of carboxylic acids is 1. The molecule has 3 rings (SSSR count). The molecule has 8 nitrogen and oxygen atoms in total. The molecule has 0 bridgehead atoms. The van der Waals surface area contributed by atoms with Crippen molar-refractivity contribution >= 4 is 17.7 Å². The predicted octanol–water partition coefficient (Wildman–Crippen LogP) is 1.09. The number of aliphatic carboxylic acids is 1. The van der Waals surface area contributed by atoms with E-state index in [9.17, 15) is 14.7 Å². The highest BCUT2D eigenvalue weighted by Crippen LogP contribution is 2.28. The summed E-state index contributed by atoms with van der Waals surface area (Å²) in [5.41, 5.74) is 0.589. The van der Waals surface area contributed by atoms with E-state index >= 15 is 0 Å². The molecule has 0 aromatic carbocycles. The molecule has 0 aliphatic carbocycles. The third kappa shape index (κ3) is 5.45. The van der Waals surface area contributed by atoms with Gasteiger partial charge in [-0.1, -0.05) is 0 Å². The van der Waals surface area contributed by atoms with Crippen LogP contribution in [-0.4, -0.2) is 103 Å². The second-order valence-electron chi connectivity index (χ2n) is 8.44. The van der Waals surface area contributed by atoms with Gasteiger partial charge >= 0.3 is 5.97 Å². The standard InChI is InChI=1S/C21H33N5O3/c1-23(2)19-6-4-16(14-22-19)21(29)26-9-8-18(17(15-26)5-7-20(27)28)25-12-10-24(3)11-13-25/h4,6,14,17-18H,5,7-13,15H2,1-3H3,(H,27,28). The van der Waals surface area contributed by atoms with Gasteiger partial charge in [0.15, 0.2) is 0 Å². The number of likely N-dealkylation sites (N-methyl/N-ethyl adjacent to an activating group) is 1. The molecule has 1 aromatic rings. The summed E-state index contributed by atoms with van der Waals surface area (Å²) < 4.78 is 0. The van der Waals surface area contributed by atoms with Crippen molar-refractivity contribution in [2.45, 2.75) is 25.3 Å². The largest absolute Gasteiger partial charge is 0.481 e. The van der Waals surface area contributed by atoms with Crippen molar-refractivity contribution in [2.24, 2.45) is 5.92 Å². The van der Waals surface area contributed by atoms with Crippen molar-refractivity contribution in [3.05, 3.63) is 23.9 Å². The number of pyridine rings is 1. The number of anilines is 1. The van der Waals surface area contributed by atoms with Crippen LogP contribution in [0.25, 0.3) is 0 Å². The fourth-order valence-corrected chi connectivity index (χ4v) is 4.39. The van der Waals surface area contributed by atoms with Crippen LogP contribution in [0.2, 0.25) is 0 Å². The van der Waals surface area contributed by atoms with Crippen LogP contribution < -0.4 is 4.90 Å². The summed E-state index contributed by atoms with van der Waals surface area (Å²) >= 11 is 0. The second kappa shape index (κ2) is 9.54. The molecular weight excluding hydrogens is 370 g/mol. The number of piperazine rings is 1. The molecule has 0 saturated carbocycles. The zero-order valence-electron chi connectivity index (χ0n) is 17.8. The third-order valence-corrected chi connectivity index (χ3v) is 6.17. The molecule has 1 aromatic heterocycles. The maximum atomic E-state index is 13.0. The first-order valence-corrected chi connectivity index (χ1v) is 10.4. The topological polar surface area (TPSA) is 80.2 Å². The van der Waals surface area contributed by atoms with E-state index < -0.39 is 5.97 Å². The highest BCUT2D eigenvalue weighted by molar-refractivity contribution is 5.94. The molecule has 0 spiro atoms. The molecule has 2 aliphatic rings. The Hall–Kier alpha value is -2.19. The van der Waals surface area contributed by atoms with E-state index in [0.29, 0.717) is 31.1 Å². The fourth-order valence-electron chi connectivity index (χ4n) is 4.39. The second-order valence-corrected chi connectivity index (χ2v) is 8.44. The summed E-state index contributed by atoms with van der Waals surface area (Å²) in [6.45, 7) is 5.40. The summed E-state index contributed by atoms with van der Waals surface area (Å²) in [5.74, 6) is 0.213. The van der Waals surface area contributed by atoms with Crippen LogP contribution >= 0.6 is 0 Å². The first-order valence-electron chi connectivity index (χ1n) is 10.4. The Morgan fingerprint density at radius 1 is 1.17 bits per heavy atom. The van der Waals surface area contributed by atoms with Gasteiger partial charge in [0.05, 0.1) is 5.56 Å². The summed E-state index contributed by atoms with van der Waals surface area (Å²) in [4.78, 5) is 37.2. The van der Waals surface area contributed by atoms with E-state index in [0.717, 1.165) is 38.4 Å². The van der Waals surface area contributed by atoms with Gasteiger partial charge in [-0.05, 0) is 37.9 Å². The highest BCUT2D eigenvalue weighted by Gasteiger charge is 2.36. The van der Waals surface area contributed by atoms with Crippen LogP contribution in [0, 0.1) is 5.92 Å². The normalized spacial score (nSPS) is 23.8. The van der Waals surface area contributed by atoms with Crippen LogP contribution in [0.4, 0.5) is 5.82 Å². The number of piperidine rings is 1. The van der Waals surface area contributed by atoms with Gasteiger partial charge in [-0.3, -0.25) is 14.5 Å². The minimum absolute atomic E-state index is 0.0139. The van der Waals surface area contributed by atoms with Gasteiger partial charge in [-0.2, -0.15) is 0 Å². The van der Waals surface area contributed by atoms with Crippen LogP contribution in [0.15, 0.2) is 18.3 Å². The maximum absolute atomic E-state index is 13.0. The number of aromatic nitrogens is 1. The molecule has 2 saturated heterocycles. The number of hydrogen-bond donors (Lipinski definition) is 1. The van der Waals surface area contributed by atoms with Gasteiger partial charge in [0, 0.05) is 72.0 Å². The molecule has 160 valence electrons. The average Bonchev–Trinajstić information content (AvgIpc) is 2.72. The highest BCUT2D eigenvalue weighted by atomic mass is 16.4. The number of hydrogen-bond acceptors (Lipinski definition) is 6. The van der Waals surface area contributed by atoms with E-state index in [1.807, 2.05) is 36.0 Å². The number of carboxylic acid groups (broad SMARTS) is 1. The Labute approximate surface area is 173 Å². The zero-order chi connectivity index (χ0) is 21.0. The van der Waals surface area contributed by atoms with Crippen molar-refractivity contribution in [3.8, 4) is 0 Å².